The number of rotatable bonds is 6. The van der Waals surface area contributed by atoms with Gasteiger partial charge in [-0.3, -0.25) is 4.40 Å². The molecule has 1 atom stereocenters. The molecule has 2 aromatic heterocycles. The first kappa shape index (κ1) is 17.0. The summed E-state index contributed by atoms with van der Waals surface area (Å²) in [4.78, 5) is 6.61. The minimum absolute atomic E-state index is 0.540. The number of hydrogen-bond donors (Lipinski definition) is 0. The Labute approximate surface area is 149 Å². The van der Waals surface area contributed by atoms with E-state index in [-0.39, 0.29) is 0 Å². The first-order valence-electron chi connectivity index (χ1n) is 7.83. The number of halogens is 2. The normalized spacial score (nSPS) is 19.3. The van der Waals surface area contributed by atoms with Crippen molar-refractivity contribution < 1.29 is 9.47 Å². The van der Waals surface area contributed by atoms with Gasteiger partial charge in [-0.25, -0.2) is 4.98 Å². The maximum Gasteiger partial charge on any atom is 0.146 e. The molecule has 0 bridgehead atoms. The molecule has 0 N–H and O–H groups in total. The second kappa shape index (κ2) is 7.83. The van der Waals surface area contributed by atoms with E-state index in [1.807, 2.05) is 10.5 Å². The number of methoxy groups -OCH3 is 1. The molecular weight excluding hydrogens is 382 g/mol. The van der Waals surface area contributed by atoms with Crippen molar-refractivity contribution in [1.82, 2.24) is 14.3 Å². The van der Waals surface area contributed by atoms with Gasteiger partial charge in [0.15, 0.2) is 0 Å². The standard InChI is InChI=1S/C16H21BrClN3O2/c1-22-6-5-20-4-2-3-12(9-20)10-23-15-7-13(17)16(18)21-11-19-8-14(15)21/h7-8,11-12H,2-6,9-10H2,1H3. The Bertz CT molecular complexity index is 664. The van der Waals surface area contributed by atoms with E-state index in [1.165, 1.54) is 12.8 Å². The first-order valence-corrected chi connectivity index (χ1v) is 9.00. The summed E-state index contributed by atoms with van der Waals surface area (Å²) in [6, 6.07) is 1.92. The van der Waals surface area contributed by atoms with Gasteiger partial charge in [0.1, 0.15) is 22.7 Å². The van der Waals surface area contributed by atoms with Crippen LogP contribution in [0.3, 0.4) is 0 Å². The van der Waals surface area contributed by atoms with Crippen LogP contribution in [-0.2, 0) is 4.74 Å². The molecule has 1 fully saturated rings. The summed E-state index contributed by atoms with van der Waals surface area (Å²) >= 11 is 9.73. The van der Waals surface area contributed by atoms with Gasteiger partial charge < -0.3 is 14.4 Å². The smallest absolute Gasteiger partial charge is 0.146 e. The Morgan fingerprint density at radius 1 is 1.48 bits per heavy atom. The van der Waals surface area contributed by atoms with E-state index in [0.717, 1.165) is 42.0 Å². The fourth-order valence-electron chi connectivity index (χ4n) is 3.03. The summed E-state index contributed by atoms with van der Waals surface area (Å²) in [6.07, 6.45) is 5.89. The van der Waals surface area contributed by atoms with Crippen LogP contribution in [0.2, 0.25) is 5.15 Å². The Morgan fingerprint density at radius 2 is 2.35 bits per heavy atom. The number of aromatic nitrogens is 2. The summed E-state index contributed by atoms with van der Waals surface area (Å²) in [7, 11) is 1.75. The molecule has 23 heavy (non-hydrogen) atoms. The van der Waals surface area contributed by atoms with Crippen LogP contribution in [0.4, 0.5) is 0 Å². The van der Waals surface area contributed by atoms with E-state index in [1.54, 1.807) is 19.6 Å². The van der Waals surface area contributed by atoms with Crippen LogP contribution in [0.5, 0.6) is 5.75 Å². The molecule has 3 heterocycles. The van der Waals surface area contributed by atoms with Gasteiger partial charge in [-0.15, -0.1) is 0 Å². The lowest BCUT2D eigenvalue weighted by molar-refractivity contribution is 0.0961. The highest BCUT2D eigenvalue weighted by Crippen LogP contribution is 2.32. The van der Waals surface area contributed by atoms with Gasteiger partial charge in [-0.1, -0.05) is 11.6 Å². The van der Waals surface area contributed by atoms with Crippen molar-refractivity contribution in [1.29, 1.82) is 0 Å². The second-order valence-electron chi connectivity index (χ2n) is 5.91. The largest absolute Gasteiger partial charge is 0.491 e. The summed E-state index contributed by atoms with van der Waals surface area (Å²) in [6.45, 7) is 4.70. The molecule has 0 aromatic carbocycles. The molecule has 3 rings (SSSR count). The molecule has 0 radical (unpaired) electrons. The number of fused-ring (bicyclic) bond motifs is 1. The first-order chi connectivity index (χ1) is 11.2. The van der Waals surface area contributed by atoms with E-state index in [4.69, 9.17) is 21.1 Å². The van der Waals surface area contributed by atoms with E-state index < -0.39 is 0 Å². The van der Waals surface area contributed by atoms with Gasteiger partial charge in [0.25, 0.3) is 0 Å². The number of likely N-dealkylation sites (tertiary alicyclic amines) is 1. The van der Waals surface area contributed by atoms with E-state index in [9.17, 15) is 0 Å². The Morgan fingerprint density at radius 3 is 3.17 bits per heavy atom. The molecule has 2 aromatic rings. The average molecular weight is 403 g/mol. The molecule has 126 valence electrons. The highest BCUT2D eigenvalue weighted by molar-refractivity contribution is 9.10. The van der Waals surface area contributed by atoms with Crippen LogP contribution >= 0.6 is 27.5 Å². The summed E-state index contributed by atoms with van der Waals surface area (Å²) in [5, 5.41) is 0.605. The fraction of sp³-hybridized carbons (Fsp3) is 0.562. The van der Waals surface area contributed by atoms with Crippen molar-refractivity contribution in [3.63, 3.8) is 0 Å². The highest BCUT2D eigenvalue weighted by Gasteiger charge is 2.21. The maximum absolute atomic E-state index is 6.26. The maximum atomic E-state index is 6.26. The molecule has 7 heteroatoms. The summed E-state index contributed by atoms with van der Waals surface area (Å²) < 4.78 is 13.9. The van der Waals surface area contributed by atoms with Crippen LogP contribution in [-0.4, -0.2) is 54.2 Å². The monoisotopic (exact) mass is 401 g/mol. The molecule has 1 saturated heterocycles. The zero-order valence-electron chi connectivity index (χ0n) is 13.2. The summed E-state index contributed by atoms with van der Waals surface area (Å²) in [5.41, 5.74) is 0.894. The van der Waals surface area contributed by atoms with Crippen molar-refractivity contribution in [2.45, 2.75) is 12.8 Å². The lowest BCUT2D eigenvalue weighted by Gasteiger charge is -2.32. The third-order valence-electron chi connectivity index (χ3n) is 4.25. The molecule has 0 spiro atoms. The second-order valence-corrected chi connectivity index (χ2v) is 7.12. The minimum Gasteiger partial charge on any atom is -0.491 e. The summed E-state index contributed by atoms with van der Waals surface area (Å²) in [5.74, 6) is 1.35. The van der Waals surface area contributed by atoms with Crippen LogP contribution in [0.25, 0.3) is 5.52 Å². The fourth-order valence-corrected chi connectivity index (χ4v) is 3.62. The van der Waals surface area contributed by atoms with Crippen molar-refractivity contribution in [2.24, 2.45) is 5.92 Å². The Balaban J connectivity index is 1.64. The predicted molar refractivity (Wildman–Crippen MR) is 94.4 cm³/mol. The molecule has 0 aliphatic carbocycles. The SMILES string of the molecule is COCCN1CCCC(COc2cc(Br)c(Cl)n3cncc23)C1. The Hall–Kier alpha value is -0.820. The van der Waals surface area contributed by atoms with Gasteiger partial charge >= 0.3 is 0 Å². The number of imidazole rings is 1. The van der Waals surface area contributed by atoms with Crippen molar-refractivity contribution in [3.05, 3.63) is 28.2 Å². The van der Waals surface area contributed by atoms with Gasteiger partial charge in [0.05, 0.1) is 23.9 Å². The third-order valence-corrected chi connectivity index (χ3v) is 5.47. The molecule has 0 amide bonds. The minimum atomic E-state index is 0.540. The molecular formula is C16H21BrClN3O2. The number of hydrogen-bond acceptors (Lipinski definition) is 4. The molecule has 1 unspecified atom stereocenters. The Kier molecular flexibility index (Phi) is 5.80. The highest BCUT2D eigenvalue weighted by atomic mass is 79.9. The molecule has 5 nitrogen and oxygen atoms in total. The van der Waals surface area contributed by atoms with Gasteiger partial charge in [0, 0.05) is 26.1 Å². The van der Waals surface area contributed by atoms with Crippen molar-refractivity contribution in [2.75, 3.05) is 40.0 Å². The van der Waals surface area contributed by atoms with E-state index in [2.05, 4.69) is 25.8 Å². The van der Waals surface area contributed by atoms with Gasteiger partial charge in [-0.2, -0.15) is 0 Å². The van der Waals surface area contributed by atoms with Crippen molar-refractivity contribution >= 4 is 33.0 Å². The lowest BCUT2D eigenvalue weighted by atomic mass is 9.99. The topological polar surface area (TPSA) is 39.0 Å². The van der Waals surface area contributed by atoms with Crippen LogP contribution in [0.15, 0.2) is 23.1 Å². The molecule has 0 saturated carbocycles. The average Bonchev–Trinajstić information content (AvgIpc) is 3.05. The number of piperidine rings is 1. The number of ether oxygens (including phenoxy) is 2. The van der Waals surface area contributed by atoms with Gasteiger partial charge in [0.2, 0.25) is 0 Å². The zero-order valence-corrected chi connectivity index (χ0v) is 15.5. The quantitative estimate of drug-likeness (QED) is 0.693. The van der Waals surface area contributed by atoms with Crippen molar-refractivity contribution in [3.8, 4) is 5.75 Å². The lowest BCUT2D eigenvalue weighted by Crippen LogP contribution is -2.39. The van der Waals surface area contributed by atoms with E-state index >= 15 is 0 Å². The van der Waals surface area contributed by atoms with Crippen LogP contribution in [0, 0.1) is 5.92 Å². The van der Waals surface area contributed by atoms with Gasteiger partial charge in [-0.05, 0) is 41.4 Å². The predicted octanol–water partition coefficient (Wildman–Crippen LogP) is 3.49. The van der Waals surface area contributed by atoms with E-state index in [0.29, 0.717) is 17.7 Å². The van der Waals surface area contributed by atoms with Crippen LogP contribution in [0.1, 0.15) is 12.8 Å². The third kappa shape index (κ3) is 3.99. The zero-order chi connectivity index (χ0) is 16.2. The number of nitrogens with zero attached hydrogens (tertiary/aromatic N) is 3. The molecule has 1 aliphatic heterocycles. The molecule has 1 aliphatic rings. The van der Waals surface area contributed by atoms with Crippen LogP contribution < -0.4 is 4.74 Å². The number of pyridine rings is 1.